The second-order valence-electron chi connectivity index (χ2n) is 8.59. The van der Waals surface area contributed by atoms with Crippen molar-refractivity contribution in [3.05, 3.63) is 34.5 Å². The minimum atomic E-state index is -3.49. The van der Waals surface area contributed by atoms with Crippen LogP contribution in [0.2, 0.25) is 0 Å². The molecule has 3 unspecified atom stereocenters. The Morgan fingerprint density at radius 1 is 1.30 bits per heavy atom. The van der Waals surface area contributed by atoms with Gasteiger partial charge in [0.05, 0.1) is 12.3 Å². The van der Waals surface area contributed by atoms with Crippen molar-refractivity contribution < 1.29 is 13.7 Å². The molecule has 1 aromatic heterocycles. The van der Waals surface area contributed by atoms with E-state index < -0.39 is 15.9 Å². The first-order valence-electron chi connectivity index (χ1n) is 10.6. The van der Waals surface area contributed by atoms with Crippen molar-refractivity contribution in [1.82, 2.24) is 9.78 Å². The summed E-state index contributed by atoms with van der Waals surface area (Å²) in [7, 11) is -3.49. The van der Waals surface area contributed by atoms with E-state index in [1.165, 1.54) is 28.5 Å². The highest BCUT2D eigenvalue weighted by atomic mass is 32.2. The summed E-state index contributed by atoms with van der Waals surface area (Å²) in [5.41, 5.74) is 5.85. The lowest BCUT2D eigenvalue weighted by Gasteiger charge is -2.22. The molecule has 0 fully saturated rings. The van der Waals surface area contributed by atoms with E-state index in [0.717, 1.165) is 44.2 Å². The smallest absolute Gasteiger partial charge is 0.354 e. The van der Waals surface area contributed by atoms with Gasteiger partial charge in [-0.05, 0) is 67.2 Å². The van der Waals surface area contributed by atoms with Crippen LogP contribution < -0.4 is 15.2 Å². The number of urea groups is 1. The van der Waals surface area contributed by atoms with Crippen LogP contribution in [0.5, 0.6) is 5.88 Å². The maximum absolute atomic E-state index is 13.2. The highest BCUT2D eigenvalue weighted by molar-refractivity contribution is 7.91. The monoisotopic (exact) mass is 429 g/mol. The van der Waals surface area contributed by atoms with Crippen molar-refractivity contribution >= 4 is 21.6 Å². The van der Waals surface area contributed by atoms with Gasteiger partial charge in [0.15, 0.2) is 9.92 Å². The number of nitrogens with one attached hydrogen (secondary N) is 1. The van der Waals surface area contributed by atoms with E-state index in [9.17, 15) is 9.00 Å². The van der Waals surface area contributed by atoms with Crippen LogP contribution in [-0.4, -0.2) is 26.1 Å². The zero-order valence-corrected chi connectivity index (χ0v) is 18.1. The average molecular weight is 430 g/mol. The van der Waals surface area contributed by atoms with Crippen molar-refractivity contribution in [2.24, 2.45) is 9.50 Å². The zero-order chi connectivity index (χ0) is 21.0. The number of hydrogen-bond acceptors (Lipinski definition) is 4. The number of carbonyl (C=O) groups excluding carboxylic acids is 1. The number of carbonyl (C=O) groups is 1. The van der Waals surface area contributed by atoms with Gasteiger partial charge in [0.1, 0.15) is 4.90 Å². The first-order chi connectivity index (χ1) is 14.3. The Morgan fingerprint density at radius 3 is 2.97 bits per heavy atom. The molecule has 0 radical (unpaired) electrons. The van der Waals surface area contributed by atoms with Gasteiger partial charge < -0.3 is 10.1 Å². The van der Waals surface area contributed by atoms with Crippen LogP contribution in [-0.2, 0) is 35.7 Å². The fourth-order valence-electron chi connectivity index (χ4n) is 4.88. The number of aryl methyl sites for hydroxylation is 2. The second kappa shape index (κ2) is 7.09. The molecule has 3 N–H and O–H groups in total. The molecular formula is C21H27N5O3S. The molecule has 30 heavy (non-hydrogen) atoms. The summed E-state index contributed by atoms with van der Waals surface area (Å²) in [5.74, 6) is 0.823. The third-order valence-electron chi connectivity index (χ3n) is 6.49. The van der Waals surface area contributed by atoms with E-state index >= 15 is 0 Å². The van der Waals surface area contributed by atoms with E-state index in [4.69, 9.17) is 9.88 Å². The molecule has 3 atom stereocenters. The molecule has 2 aromatic rings. The number of nitrogens with two attached hydrogens (primary N) is 1. The number of nitrogens with zero attached hydrogens (tertiary/aromatic N) is 3. The van der Waals surface area contributed by atoms with Gasteiger partial charge in [0, 0.05) is 18.7 Å². The van der Waals surface area contributed by atoms with Gasteiger partial charge in [-0.3, -0.25) is 0 Å². The van der Waals surface area contributed by atoms with Gasteiger partial charge in [-0.2, -0.15) is 5.10 Å². The number of hydrogen-bond donors (Lipinski definition) is 2. The summed E-state index contributed by atoms with van der Waals surface area (Å²) in [4.78, 5) is 13.0. The number of amides is 2. The van der Waals surface area contributed by atoms with E-state index in [1.807, 2.05) is 6.92 Å². The summed E-state index contributed by atoms with van der Waals surface area (Å²) in [5, 5.41) is 13.2. The van der Waals surface area contributed by atoms with Crippen LogP contribution >= 0.6 is 0 Å². The molecule has 9 heteroatoms. The van der Waals surface area contributed by atoms with Crippen LogP contribution in [0.25, 0.3) is 0 Å². The predicted octanol–water partition coefficient (Wildman–Crippen LogP) is 3.53. The van der Waals surface area contributed by atoms with Gasteiger partial charge in [-0.25, -0.2) is 18.8 Å². The Hall–Kier alpha value is -2.39. The Labute approximate surface area is 176 Å². The molecule has 5 rings (SSSR count). The van der Waals surface area contributed by atoms with Crippen molar-refractivity contribution in [2.75, 3.05) is 5.32 Å². The standard InChI is InChI=1S/C21H27N5O3S/c1-12-6-7-16-17(12)10-14-4-3-5-15(14)19(16)24-21(27)25-30(22,28)18-11-23-26-9-8-13(2)29-20(18)26/h10-13H,3-9H2,1-2H3,(H3,22,24,25,27,28). The van der Waals surface area contributed by atoms with Gasteiger partial charge >= 0.3 is 6.03 Å². The molecule has 1 aliphatic heterocycles. The quantitative estimate of drug-likeness (QED) is 0.760. The summed E-state index contributed by atoms with van der Waals surface area (Å²) in [6.07, 6.45) is 7.22. The maximum Gasteiger partial charge on any atom is 0.354 e. The Bertz CT molecular complexity index is 1160. The lowest BCUT2D eigenvalue weighted by Crippen LogP contribution is -2.25. The molecule has 2 amide bonds. The number of ether oxygens (including phenoxy) is 1. The zero-order valence-electron chi connectivity index (χ0n) is 17.3. The van der Waals surface area contributed by atoms with Crippen LogP contribution in [0.4, 0.5) is 10.5 Å². The lowest BCUT2D eigenvalue weighted by atomic mass is 9.96. The predicted molar refractivity (Wildman–Crippen MR) is 114 cm³/mol. The van der Waals surface area contributed by atoms with Crippen LogP contribution in [0.15, 0.2) is 21.5 Å². The minimum Gasteiger partial charge on any atom is -0.474 e. The largest absolute Gasteiger partial charge is 0.474 e. The molecule has 0 bridgehead atoms. The Kier molecular flexibility index (Phi) is 4.62. The molecule has 0 spiro atoms. The summed E-state index contributed by atoms with van der Waals surface area (Å²) >= 11 is 0. The molecule has 2 heterocycles. The lowest BCUT2D eigenvalue weighted by molar-refractivity contribution is 0.144. The topological polar surface area (TPSA) is 112 Å². The first-order valence-corrected chi connectivity index (χ1v) is 12.2. The third-order valence-corrected chi connectivity index (χ3v) is 7.83. The van der Waals surface area contributed by atoms with Gasteiger partial charge in [0.2, 0.25) is 5.88 Å². The number of aromatic nitrogens is 2. The third kappa shape index (κ3) is 3.20. The summed E-state index contributed by atoms with van der Waals surface area (Å²) in [6, 6.07) is 1.62. The SMILES string of the molecule is CC1CCn2ncc(S(N)(=O)=NC(=O)Nc3c4c(cc5c3CCC5C)CCC4)c2O1. The minimum absolute atomic E-state index is 0.0338. The van der Waals surface area contributed by atoms with E-state index in [0.29, 0.717) is 18.3 Å². The molecule has 0 saturated heterocycles. The molecule has 0 saturated carbocycles. The van der Waals surface area contributed by atoms with Crippen molar-refractivity contribution in [2.45, 2.75) is 75.8 Å². The average Bonchev–Trinajstić information content (AvgIpc) is 3.40. The summed E-state index contributed by atoms with van der Waals surface area (Å²) in [6.45, 7) is 4.80. The summed E-state index contributed by atoms with van der Waals surface area (Å²) < 4.78 is 24.4. The van der Waals surface area contributed by atoms with Crippen molar-refractivity contribution in [3.63, 3.8) is 0 Å². The molecule has 1 aromatic carbocycles. The number of benzene rings is 1. The normalized spacial score (nSPS) is 23.7. The van der Waals surface area contributed by atoms with Crippen LogP contribution in [0.3, 0.4) is 0 Å². The van der Waals surface area contributed by atoms with Crippen LogP contribution in [0, 0.1) is 0 Å². The Morgan fingerprint density at radius 2 is 2.13 bits per heavy atom. The van der Waals surface area contributed by atoms with Crippen molar-refractivity contribution in [1.29, 1.82) is 0 Å². The fourth-order valence-corrected chi connectivity index (χ4v) is 5.87. The van der Waals surface area contributed by atoms with E-state index in [2.05, 4.69) is 27.8 Å². The number of fused-ring (bicyclic) bond motifs is 3. The molecule has 160 valence electrons. The highest BCUT2D eigenvalue weighted by Crippen LogP contribution is 2.43. The highest BCUT2D eigenvalue weighted by Gasteiger charge is 2.29. The maximum atomic E-state index is 13.2. The van der Waals surface area contributed by atoms with Gasteiger partial charge in [0.25, 0.3) is 0 Å². The van der Waals surface area contributed by atoms with Gasteiger partial charge in [-0.15, -0.1) is 4.36 Å². The second-order valence-corrected chi connectivity index (χ2v) is 10.4. The molecule has 8 nitrogen and oxygen atoms in total. The molecule has 3 aliphatic rings. The van der Waals surface area contributed by atoms with Gasteiger partial charge in [-0.1, -0.05) is 13.0 Å². The first kappa shape index (κ1) is 19.6. The number of rotatable bonds is 2. The molecule has 2 aliphatic carbocycles. The Balaban J connectivity index is 1.49. The van der Waals surface area contributed by atoms with Crippen LogP contribution in [0.1, 0.15) is 61.3 Å². The fraction of sp³-hybridized carbons (Fsp3) is 0.524. The van der Waals surface area contributed by atoms with E-state index in [-0.39, 0.29) is 11.0 Å². The van der Waals surface area contributed by atoms with E-state index in [1.54, 1.807) is 4.68 Å². The number of anilines is 1. The van der Waals surface area contributed by atoms with Crippen molar-refractivity contribution in [3.8, 4) is 5.88 Å². The molecular weight excluding hydrogens is 402 g/mol.